The first kappa shape index (κ1) is 25.2. The highest BCUT2D eigenvalue weighted by molar-refractivity contribution is 5.98. The number of alkyl halides is 6. The quantitative estimate of drug-likeness (QED) is 0.509. The van der Waals surface area contributed by atoms with Gasteiger partial charge >= 0.3 is 12.4 Å². The van der Waals surface area contributed by atoms with Gasteiger partial charge in [0.05, 0.1) is 29.9 Å². The van der Waals surface area contributed by atoms with E-state index in [4.69, 9.17) is 5.73 Å². The molecule has 0 aliphatic carbocycles. The molecule has 2 N–H and O–H groups in total. The Balaban J connectivity index is 1.96. The Bertz CT molecular complexity index is 1180. The van der Waals surface area contributed by atoms with Crippen molar-refractivity contribution < 1.29 is 35.9 Å². The number of carbonyl (C=O) groups excluding carboxylic acids is 1. The lowest BCUT2D eigenvalue weighted by atomic mass is 10.1. The monoisotopic (exact) mass is 486 g/mol. The van der Waals surface area contributed by atoms with Gasteiger partial charge in [0.25, 0.3) is 5.91 Å². The van der Waals surface area contributed by atoms with Gasteiger partial charge in [0.1, 0.15) is 5.82 Å². The Hall–Kier alpha value is -3.41. The summed E-state index contributed by atoms with van der Waals surface area (Å²) in [5.41, 5.74) is 5.94. The number of anilines is 1. The number of nitrogens with zero attached hydrogens (tertiary/aromatic N) is 3. The molecule has 1 unspecified atom stereocenters. The van der Waals surface area contributed by atoms with Gasteiger partial charge in [0, 0.05) is 24.3 Å². The molecular formula is C22H20F6N4O2. The van der Waals surface area contributed by atoms with Crippen LogP contribution in [0, 0.1) is 6.92 Å². The van der Waals surface area contributed by atoms with Crippen molar-refractivity contribution in [3.63, 3.8) is 0 Å². The van der Waals surface area contributed by atoms with Crippen molar-refractivity contribution in [3.05, 3.63) is 65.0 Å². The Labute approximate surface area is 190 Å². The van der Waals surface area contributed by atoms with Crippen molar-refractivity contribution >= 4 is 22.6 Å². The Morgan fingerprint density at radius 3 is 2.38 bits per heavy atom. The van der Waals surface area contributed by atoms with Gasteiger partial charge in [-0.15, -0.1) is 0 Å². The molecule has 3 rings (SSSR count). The van der Waals surface area contributed by atoms with Crippen molar-refractivity contribution in [3.8, 4) is 0 Å². The predicted molar refractivity (Wildman–Crippen MR) is 112 cm³/mol. The summed E-state index contributed by atoms with van der Waals surface area (Å²) in [7, 11) is 0.853. The first-order chi connectivity index (χ1) is 15.8. The van der Waals surface area contributed by atoms with Gasteiger partial charge in [-0.1, -0.05) is 0 Å². The summed E-state index contributed by atoms with van der Waals surface area (Å²) in [6.07, 6.45) is -11.2. The van der Waals surface area contributed by atoms with Gasteiger partial charge < -0.3 is 15.4 Å². The molecule has 34 heavy (non-hydrogen) atoms. The van der Waals surface area contributed by atoms with Crippen LogP contribution >= 0.6 is 0 Å². The molecule has 0 bridgehead atoms. The molecular weight excluding hydrogens is 466 g/mol. The van der Waals surface area contributed by atoms with Crippen LogP contribution in [-0.2, 0) is 17.5 Å². The second-order valence-corrected chi connectivity index (χ2v) is 7.59. The van der Waals surface area contributed by atoms with Crippen molar-refractivity contribution in [2.45, 2.75) is 31.9 Å². The molecule has 2 aromatic heterocycles. The summed E-state index contributed by atoms with van der Waals surface area (Å²) in [6.45, 7) is 0.355. The molecule has 1 aromatic carbocycles. The fourth-order valence-corrected chi connectivity index (χ4v) is 3.23. The van der Waals surface area contributed by atoms with Crippen LogP contribution in [0.4, 0.5) is 32.2 Å². The summed E-state index contributed by atoms with van der Waals surface area (Å²) in [4.78, 5) is 21.9. The van der Waals surface area contributed by atoms with Gasteiger partial charge in [0.15, 0.2) is 6.10 Å². The number of rotatable bonds is 6. The number of hydrogen-bond donors (Lipinski definition) is 1. The Morgan fingerprint density at radius 1 is 1.12 bits per heavy atom. The third-order valence-electron chi connectivity index (χ3n) is 5.12. The van der Waals surface area contributed by atoms with Gasteiger partial charge in [-0.2, -0.15) is 26.3 Å². The van der Waals surface area contributed by atoms with E-state index in [2.05, 4.69) is 14.7 Å². The van der Waals surface area contributed by atoms with Crippen LogP contribution in [0.3, 0.4) is 0 Å². The second kappa shape index (κ2) is 9.45. The number of nitrogens with two attached hydrogens (primary N) is 1. The predicted octanol–water partition coefficient (Wildman–Crippen LogP) is 4.76. The van der Waals surface area contributed by atoms with E-state index in [1.54, 1.807) is 13.0 Å². The molecule has 0 saturated carbocycles. The van der Waals surface area contributed by atoms with Gasteiger partial charge in [-0.25, -0.2) is 4.98 Å². The van der Waals surface area contributed by atoms with E-state index >= 15 is 0 Å². The van der Waals surface area contributed by atoms with Crippen LogP contribution in [0.15, 0.2) is 42.6 Å². The van der Waals surface area contributed by atoms with Crippen LogP contribution < -0.4 is 5.73 Å². The fraction of sp³-hybridized carbons (Fsp3) is 0.318. The minimum atomic E-state index is -4.78. The number of halogens is 6. The Kier molecular flexibility index (Phi) is 7.01. The summed E-state index contributed by atoms with van der Waals surface area (Å²) < 4.78 is 82.9. The largest absolute Gasteiger partial charge is 0.417 e. The van der Waals surface area contributed by atoms with Crippen LogP contribution in [0.25, 0.3) is 10.9 Å². The number of aryl methyl sites for hydroxylation is 1. The molecule has 0 fully saturated rings. The fourth-order valence-electron chi connectivity index (χ4n) is 3.23. The average Bonchev–Trinajstić information content (AvgIpc) is 2.75. The molecule has 0 spiro atoms. The van der Waals surface area contributed by atoms with E-state index in [9.17, 15) is 31.1 Å². The lowest BCUT2D eigenvalue weighted by Gasteiger charge is -2.28. The van der Waals surface area contributed by atoms with Crippen molar-refractivity contribution in [2.24, 2.45) is 0 Å². The van der Waals surface area contributed by atoms with E-state index in [1.165, 1.54) is 18.2 Å². The van der Waals surface area contributed by atoms with Crippen LogP contribution in [0.1, 0.15) is 27.2 Å². The number of ether oxygens (including phenoxy) is 1. The zero-order valence-corrected chi connectivity index (χ0v) is 18.0. The highest BCUT2D eigenvalue weighted by Gasteiger charge is 2.42. The summed E-state index contributed by atoms with van der Waals surface area (Å²) in [6, 6.07) is 7.79. The standard InChI is InChI=1S/C22H20F6N4O2/c1-12-7-14-8-13(3-6-17(14)31-19(12)29)20(33)32(11-18(34-2)22(26,27)28)10-16-5-4-15(9-30-16)21(23,24)25/h3-9,18H,10-11H2,1-2H3,(H2,29,31). The van der Waals surface area contributed by atoms with Crippen LogP contribution in [0.2, 0.25) is 0 Å². The van der Waals surface area contributed by atoms with E-state index in [1.807, 2.05) is 0 Å². The number of nitrogen functional groups attached to an aromatic ring is 1. The number of pyridine rings is 2. The molecule has 0 saturated heterocycles. The number of carbonyl (C=O) groups is 1. The molecule has 0 aliphatic heterocycles. The molecule has 182 valence electrons. The number of methoxy groups -OCH3 is 1. The number of amides is 1. The maximum atomic E-state index is 13.3. The van der Waals surface area contributed by atoms with E-state index < -0.39 is 43.0 Å². The second-order valence-electron chi connectivity index (χ2n) is 7.59. The molecule has 3 aromatic rings. The van der Waals surface area contributed by atoms with Gasteiger partial charge in [0.2, 0.25) is 0 Å². The summed E-state index contributed by atoms with van der Waals surface area (Å²) in [5, 5.41) is 0.546. The average molecular weight is 486 g/mol. The third-order valence-corrected chi connectivity index (χ3v) is 5.12. The number of hydrogen-bond acceptors (Lipinski definition) is 5. The summed E-state index contributed by atoms with van der Waals surface area (Å²) >= 11 is 0. The maximum absolute atomic E-state index is 13.3. The van der Waals surface area contributed by atoms with Gasteiger partial charge in [-0.3, -0.25) is 9.78 Å². The van der Waals surface area contributed by atoms with Crippen molar-refractivity contribution in [1.29, 1.82) is 0 Å². The smallest absolute Gasteiger partial charge is 0.383 e. The summed E-state index contributed by atoms with van der Waals surface area (Å²) in [5.74, 6) is -0.487. The Morgan fingerprint density at radius 2 is 1.82 bits per heavy atom. The lowest BCUT2D eigenvalue weighted by molar-refractivity contribution is -0.215. The first-order valence-corrected chi connectivity index (χ1v) is 9.87. The van der Waals surface area contributed by atoms with Gasteiger partial charge in [-0.05, 0) is 48.9 Å². The highest BCUT2D eigenvalue weighted by Crippen LogP contribution is 2.29. The topological polar surface area (TPSA) is 81.3 Å². The zero-order chi connectivity index (χ0) is 25.3. The normalized spacial score (nSPS) is 13.2. The molecule has 0 radical (unpaired) electrons. The molecule has 1 atom stereocenters. The first-order valence-electron chi connectivity index (χ1n) is 9.87. The SMILES string of the molecule is COC(CN(Cc1ccc(C(F)(F)F)cn1)C(=O)c1ccc2nc(N)c(C)cc2c1)C(F)(F)F. The number of fused-ring (bicyclic) bond motifs is 1. The number of aromatic nitrogens is 2. The molecule has 2 heterocycles. The molecule has 6 nitrogen and oxygen atoms in total. The zero-order valence-electron chi connectivity index (χ0n) is 18.0. The minimum Gasteiger partial charge on any atom is -0.383 e. The van der Waals surface area contributed by atoms with E-state index in [0.29, 0.717) is 28.5 Å². The molecule has 0 aliphatic rings. The van der Waals surface area contributed by atoms with E-state index in [0.717, 1.165) is 24.1 Å². The van der Waals surface area contributed by atoms with Crippen molar-refractivity contribution in [2.75, 3.05) is 19.4 Å². The third kappa shape index (κ3) is 5.74. The van der Waals surface area contributed by atoms with Crippen LogP contribution in [-0.4, -0.2) is 46.7 Å². The van der Waals surface area contributed by atoms with Crippen molar-refractivity contribution in [1.82, 2.24) is 14.9 Å². The molecule has 1 amide bonds. The highest BCUT2D eigenvalue weighted by atomic mass is 19.4. The lowest BCUT2D eigenvalue weighted by Crippen LogP contribution is -2.44. The number of benzene rings is 1. The maximum Gasteiger partial charge on any atom is 0.417 e. The van der Waals surface area contributed by atoms with Crippen LogP contribution in [0.5, 0.6) is 0 Å². The minimum absolute atomic E-state index is 0.0237. The van der Waals surface area contributed by atoms with E-state index in [-0.39, 0.29) is 11.3 Å². The molecule has 12 heteroatoms.